The fourth-order valence-electron chi connectivity index (χ4n) is 1.08. The monoisotopic (exact) mass is 188 g/mol. The summed E-state index contributed by atoms with van der Waals surface area (Å²) in [5, 5.41) is 0. The summed E-state index contributed by atoms with van der Waals surface area (Å²) in [7, 11) is 0. The Morgan fingerprint density at radius 1 is 1.50 bits per heavy atom. The number of aldehydes is 1. The van der Waals surface area contributed by atoms with Gasteiger partial charge in [-0.05, 0) is 6.92 Å². The minimum Gasteiger partial charge on any atom is -0.298 e. The minimum absolute atomic E-state index is 0.508. The average Bonchev–Trinajstić information content (AvgIpc) is 2.70. The number of rotatable bonds is 2. The summed E-state index contributed by atoms with van der Waals surface area (Å²) in [5.41, 5.74) is 1.17. The van der Waals surface area contributed by atoms with Crippen LogP contribution in [0, 0.1) is 6.92 Å². The van der Waals surface area contributed by atoms with Gasteiger partial charge in [-0.15, -0.1) is 0 Å². The molecule has 0 amide bonds. The third-order valence-electron chi connectivity index (χ3n) is 1.87. The maximum Gasteiger partial charge on any atom is 0.235 e. The normalized spacial score (nSPS) is 10.1. The van der Waals surface area contributed by atoms with Gasteiger partial charge >= 0.3 is 0 Å². The van der Waals surface area contributed by atoms with Crippen molar-refractivity contribution < 1.29 is 4.79 Å². The van der Waals surface area contributed by atoms with Crippen LogP contribution in [0.5, 0.6) is 0 Å². The maximum atomic E-state index is 10.5. The van der Waals surface area contributed by atoms with Crippen molar-refractivity contribution >= 4 is 6.29 Å². The lowest BCUT2D eigenvalue weighted by molar-refractivity contribution is 0.112. The van der Waals surface area contributed by atoms with Crippen molar-refractivity contribution in [1.29, 1.82) is 0 Å². The molecule has 0 unspecified atom stereocenters. The predicted octanol–water partition coefficient (Wildman–Crippen LogP) is 0.783. The first-order valence-electron chi connectivity index (χ1n) is 4.08. The Hall–Kier alpha value is -2.04. The van der Waals surface area contributed by atoms with Crippen molar-refractivity contribution in [3.05, 3.63) is 36.2 Å². The summed E-state index contributed by atoms with van der Waals surface area (Å²) >= 11 is 0. The topological polar surface area (TPSA) is 60.7 Å². The molecular formula is C9H8N4O. The fraction of sp³-hybridized carbons (Fsp3) is 0.111. The van der Waals surface area contributed by atoms with E-state index in [1.54, 1.807) is 30.2 Å². The zero-order valence-corrected chi connectivity index (χ0v) is 7.58. The number of carbonyl (C=O) groups is 1. The van der Waals surface area contributed by atoms with E-state index in [9.17, 15) is 4.79 Å². The molecule has 0 aliphatic rings. The van der Waals surface area contributed by atoms with E-state index in [-0.39, 0.29) is 0 Å². The highest BCUT2D eigenvalue weighted by atomic mass is 16.1. The summed E-state index contributed by atoms with van der Waals surface area (Å²) in [5.74, 6) is 0.519. The first-order chi connectivity index (χ1) is 6.81. The highest BCUT2D eigenvalue weighted by Gasteiger charge is 2.02. The molecule has 0 N–H and O–H groups in total. The van der Waals surface area contributed by atoms with Gasteiger partial charge in [0.25, 0.3) is 0 Å². The third kappa shape index (κ3) is 1.39. The van der Waals surface area contributed by atoms with E-state index in [1.807, 2.05) is 0 Å². The Morgan fingerprint density at radius 2 is 2.36 bits per heavy atom. The molecule has 5 heteroatoms. The Labute approximate surface area is 80.5 Å². The SMILES string of the molecule is Cc1nc(-n2ccnc2)ncc1C=O. The van der Waals surface area contributed by atoms with Gasteiger partial charge in [0.05, 0.1) is 11.3 Å². The van der Waals surface area contributed by atoms with Crippen LogP contribution in [0.3, 0.4) is 0 Å². The van der Waals surface area contributed by atoms with Crippen LogP contribution in [0.4, 0.5) is 0 Å². The van der Waals surface area contributed by atoms with E-state index in [0.717, 1.165) is 6.29 Å². The van der Waals surface area contributed by atoms with E-state index in [4.69, 9.17) is 0 Å². The predicted molar refractivity (Wildman–Crippen MR) is 49.3 cm³/mol. The quantitative estimate of drug-likeness (QED) is 0.653. The van der Waals surface area contributed by atoms with Crippen molar-refractivity contribution in [1.82, 2.24) is 19.5 Å². The molecule has 5 nitrogen and oxygen atoms in total. The van der Waals surface area contributed by atoms with Crippen molar-refractivity contribution in [2.75, 3.05) is 0 Å². The molecule has 2 aromatic rings. The number of hydrogen-bond acceptors (Lipinski definition) is 4. The first kappa shape index (κ1) is 8.55. The van der Waals surface area contributed by atoms with Gasteiger partial charge in [-0.25, -0.2) is 15.0 Å². The van der Waals surface area contributed by atoms with Gasteiger partial charge in [0.2, 0.25) is 5.95 Å². The number of aryl methyl sites for hydroxylation is 1. The van der Waals surface area contributed by atoms with Gasteiger partial charge in [-0.3, -0.25) is 9.36 Å². The lowest BCUT2D eigenvalue weighted by Crippen LogP contribution is -2.02. The molecule has 0 saturated carbocycles. The zero-order valence-electron chi connectivity index (χ0n) is 7.58. The Morgan fingerprint density at radius 3 is 2.93 bits per heavy atom. The van der Waals surface area contributed by atoms with Crippen LogP contribution in [0.1, 0.15) is 16.1 Å². The van der Waals surface area contributed by atoms with E-state index < -0.39 is 0 Å². The van der Waals surface area contributed by atoms with E-state index in [0.29, 0.717) is 17.2 Å². The molecule has 0 saturated heterocycles. The van der Waals surface area contributed by atoms with E-state index >= 15 is 0 Å². The highest BCUT2D eigenvalue weighted by molar-refractivity contribution is 5.75. The molecule has 2 rings (SSSR count). The standard InChI is InChI=1S/C9H8N4O/c1-7-8(5-14)4-11-9(12-7)13-3-2-10-6-13/h2-6H,1H3. The number of carbonyl (C=O) groups excluding carboxylic acids is 1. The second kappa shape index (κ2) is 3.37. The lowest BCUT2D eigenvalue weighted by atomic mass is 10.3. The molecular weight excluding hydrogens is 180 g/mol. The molecule has 0 spiro atoms. The van der Waals surface area contributed by atoms with Crippen molar-refractivity contribution in [3.63, 3.8) is 0 Å². The summed E-state index contributed by atoms with van der Waals surface area (Å²) in [4.78, 5) is 22.6. The smallest absolute Gasteiger partial charge is 0.235 e. The molecule has 0 aromatic carbocycles. The average molecular weight is 188 g/mol. The Balaban J connectivity index is 2.48. The maximum absolute atomic E-state index is 10.5. The third-order valence-corrected chi connectivity index (χ3v) is 1.87. The minimum atomic E-state index is 0.508. The summed E-state index contributed by atoms with van der Waals surface area (Å²) in [6.45, 7) is 1.77. The van der Waals surface area contributed by atoms with Crippen LogP contribution < -0.4 is 0 Å². The van der Waals surface area contributed by atoms with Crippen molar-refractivity contribution in [2.45, 2.75) is 6.92 Å². The van der Waals surface area contributed by atoms with Gasteiger partial charge in [0.15, 0.2) is 6.29 Å². The second-order valence-electron chi connectivity index (χ2n) is 2.80. The molecule has 14 heavy (non-hydrogen) atoms. The lowest BCUT2D eigenvalue weighted by Gasteiger charge is -2.01. The Kier molecular flexibility index (Phi) is 2.06. The Bertz CT molecular complexity index is 450. The van der Waals surface area contributed by atoms with E-state index in [1.165, 1.54) is 6.20 Å². The number of aromatic nitrogens is 4. The van der Waals surface area contributed by atoms with Crippen LogP contribution in [0.15, 0.2) is 24.9 Å². The molecule has 0 aliphatic heterocycles. The summed E-state index contributed by atoms with van der Waals surface area (Å²) in [6.07, 6.45) is 7.24. The van der Waals surface area contributed by atoms with Gasteiger partial charge in [-0.1, -0.05) is 0 Å². The molecule has 0 aliphatic carbocycles. The van der Waals surface area contributed by atoms with Gasteiger partial charge in [0, 0.05) is 18.6 Å². The number of imidazole rings is 1. The fourth-order valence-corrected chi connectivity index (χ4v) is 1.08. The van der Waals surface area contributed by atoms with Crippen LogP contribution in [-0.2, 0) is 0 Å². The number of hydrogen-bond donors (Lipinski definition) is 0. The molecule has 70 valence electrons. The van der Waals surface area contributed by atoms with Crippen LogP contribution in [0.25, 0.3) is 5.95 Å². The largest absolute Gasteiger partial charge is 0.298 e. The van der Waals surface area contributed by atoms with Crippen LogP contribution >= 0.6 is 0 Å². The van der Waals surface area contributed by atoms with Crippen LogP contribution in [0.2, 0.25) is 0 Å². The van der Waals surface area contributed by atoms with E-state index in [2.05, 4.69) is 15.0 Å². The first-order valence-corrected chi connectivity index (χ1v) is 4.08. The molecule has 0 radical (unpaired) electrons. The molecule has 2 heterocycles. The van der Waals surface area contributed by atoms with Crippen molar-refractivity contribution in [2.24, 2.45) is 0 Å². The zero-order chi connectivity index (χ0) is 9.97. The summed E-state index contributed by atoms with van der Waals surface area (Å²) in [6, 6.07) is 0. The van der Waals surface area contributed by atoms with Gasteiger partial charge in [0.1, 0.15) is 6.33 Å². The molecule has 0 bridgehead atoms. The van der Waals surface area contributed by atoms with Gasteiger partial charge < -0.3 is 0 Å². The molecule has 2 aromatic heterocycles. The number of nitrogens with zero attached hydrogens (tertiary/aromatic N) is 4. The highest BCUT2D eigenvalue weighted by Crippen LogP contribution is 2.04. The van der Waals surface area contributed by atoms with Crippen molar-refractivity contribution in [3.8, 4) is 5.95 Å². The van der Waals surface area contributed by atoms with Crippen LogP contribution in [-0.4, -0.2) is 25.8 Å². The molecule has 0 fully saturated rings. The van der Waals surface area contributed by atoms with Gasteiger partial charge in [-0.2, -0.15) is 0 Å². The summed E-state index contributed by atoms with van der Waals surface area (Å²) < 4.78 is 1.68. The molecule has 0 atom stereocenters. The second-order valence-corrected chi connectivity index (χ2v) is 2.80.